The summed E-state index contributed by atoms with van der Waals surface area (Å²) in [6, 6.07) is 3.68. The topological polar surface area (TPSA) is 64.9 Å². The standard InChI is InChI=1S/C6H9N3.C2H6/c7-4-5-2-1-3-9-6(5)8;1-2/h1-3H,4,7H2,(H2,8,9);1-2H3. The summed E-state index contributed by atoms with van der Waals surface area (Å²) in [5, 5.41) is 0. The lowest BCUT2D eigenvalue weighted by atomic mass is 10.3. The van der Waals surface area contributed by atoms with Gasteiger partial charge >= 0.3 is 0 Å². The van der Waals surface area contributed by atoms with Crippen molar-refractivity contribution in [1.29, 1.82) is 0 Å². The third-order valence-corrected chi connectivity index (χ3v) is 1.15. The van der Waals surface area contributed by atoms with Gasteiger partial charge in [0, 0.05) is 18.3 Å². The van der Waals surface area contributed by atoms with Crippen LogP contribution in [-0.2, 0) is 6.54 Å². The van der Waals surface area contributed by atoms with Crippen LogP contribution in [0.4, 0.5) is 5.82 Å². The minimum atomic E-state index is 0.458. The van der Waals surface area contributed by atoms with Gasteiger partial charge in [0.1, 0.15) is 5.82 Å². The molecule has 62 valence electrons. The van der Waals surface area contributed by atoms with Crippen LogP contribution < -0.4 is 11.5 Å². The molecule has 0 fully saturated rings. The average molecular weight is 153 g/mol. The maximum Gasteiger partial charge on any atom is 0.127 e. The molecule has 1 aromatic rings. The first kappa shape index (κ1) is 9.91. The lowest BCUT2D eigenvalue weighted by Crippen LogP contribution is -2.02. The van der Waals surface area contributed by atoms with E-state index in [-0.39, 0.29) is 0 Å². The summed E-state index contributed by atoms with van der Waals surface area (Å²) in [6.45, 7) is 4.46. The highest BCUT2D eigenvalue weighted by Crippen LogP contribution is 2.03. The van der Waals surface area contributed by atoms with Crippen molar-refractivity contribution in [2.24, 2.45) is 5.73 Å². The molecule has 0 unspecified atom stereocenters. The predicted octanol–water partition coefficient (Wildman–Crippen LogP) is 1.15. The van der Waals surface area contributed by atoms with Crippen molar-refractivity contribution in [2.75, 3.05) is 5.73 Å². The smallest absolute Gasteiger partial charge is 0.127 e. The molecular weight excluding hydrogens is 138 g/mol. The van der Waals surface area contributed by atoms with Gasteiger partial charge in [0.05, 0.1) is 0 Å². The van der Waals surface area contributed by atoms with Gasteiger partial charge in [-0.2, -0.15) is 0 Å². The molecule has 0 amide bonds. The molecular formula is C8H15N3. The van der Waals surface area contributed by atoms with Crippen molar-refractivity contribution in [1.82, 2.24) is 4.98 Å². The predicted molar refractivity (Wildman–Crippen MR) is 47.9 cm³/mol. The van der Waals surface area contributed by atoms with E-state index in [1.807, 2.05) is 26.0 Å². The first-order valence-electron chi connectivity index (χ1n) is 3.74. The van der Waals surface area contributed by atoms with Gasteiger partial charge in [-0.25, -0.2) is 4.98 Å². The number of aromatic nitrogens is 1. The van der Waals surface area contributed by atoms with Crippen LogP contribution in [0.25, 0.3) is 0 Å². The Hall–Kier alpha value is -1.09. The Morgan fingerprint density at radius 1 is 1.45 bits per heavy atom. The van der Waals surface area contributed by atoms with E-state index in [2.05, 4.69) is 4.98 Å². The molecule has 11 heavy (non-hydrogen) atoms. The molecule has 1 rings (SSSR count). The van der Waals surface area contributed by atoms with Crippen molar-refractivity contribution in [3.63, 3.8) is 0 Å². The molecule has 3 heteroatoms. The molecule has 0 saturated carbocycles. The van der Waals surface area contributed by atoms with Gasteiger partial charge in [-0.1, -0.05) is 19.9 Å². The van der Waals surface area contributed by atoms with E-state index in [4.69, 9.17) is 11.5 Å². The Morgan fingerprint density at radius 2 is 2.09 bits per heavy atom. The molecule has 0 aliphatic rings. The number of anilines is 1. The zero-order chi connectivity index (χ0) is 8.69. The number of nitrogens with zero attached hydrogens (tertiary/aromatic N) is 1. The molecule has 1 heterocycles. The molecule has 4 N–H and O–H groups in total. The fourth-order valence-electron chi connectivity index (χ4n) is 0.623. The fourth-order valence-corrected chi connectivity index (χ4v) is 0.623. The molecule has 0 radical (unpaired) electrons. The Labute approximate surface area is 67.4 Å². The number of rotatable bonds is 1. The third kappa shape index (κ3) is 3.00. The summed E-state index contributed by atoms with van der Waals surface area (Å²) in [6.07, 6.45) is 1.65. The highest BCUT2D eigenvalue weighted by atomic mass is 14.8. The molecule has 0 spiro atoms. The summed E-state index contributed by atoms with van der Waals surface area (Å²) >= 11 is 0. The number of hydrogen-bond donors (Lipinski definition) is 2. The van der Waals surface area contributed by atoms with Gasteiger partial charge in [-0.15, -0.1) is 0 Å². The Morgan fingerprint density at radius 3 is 2.45 bits per heavy atom. The van der Waals surface area contributed by atoms with Gasteiger partial charge in [0.2, 0.25) is 0 Å². The van der Waals surface area contributed by atoms with Crippen molar-refractivity contribution < 1.29 is 0 Å². The molecule has 0 bridgehead atoms. The lowest BCUT2D eigenvalue weighted by Gasteiger charge is -1.97. The summed E-state index contributed by atoms with van der Waals surface area (Å²) < 4.78 is 0. The normalized spacial score (nSPS) is 8.27. The lowest BCUT2D eigenvalue weighted by molar-refractivity contribution is 1.05. The van der Waals surface area contributed by atoms with E-state index in [9.17, 15) is 0 Å². The van der Waals surface area contributed by atoms with E-state index in [0.29, 0.717) is 12.4 Å². The molecule has 0 aromatic carbocycles. The van der Waals surface area contributed by atoms with Gasteiger partial charge in [-0.05, 0) is 6.07 Å². The quantitative estimate of drug-likeness (QED) is 0.636. The van der Waals surface area contributed by atoms with Crippen molar-refractivity contribution in [3.05, 3.63) is 23.9 Å². The molecule has 0 saturated heterocycles. The van der Waals surface area contributed by atoms with E-state index >= 15 is 0 Å². The van der Waals surface area contributed by atoms with Crippen LogP contribution >= 0.6 is 0 Å². The van der Waals surface area contributed by atoms with Crippen LogP contribution in [0.2, 0.25) is 0 Å². The third-order valence-electron chi connectivity index (χ3n) is 1.15. The first-order chi connectivity index (χ1) is 5.34. The SMILES string of the molecule is CC.NCc1cccnc1N. The zero-order valence-corrected chi connectivity index (χ0v) is 7.04. The minimum absolute atomic E-state index is 0.458. The Kier molecular flexibility index (Phi) is 5.11. The van der Waals surface area contributed by atoms with E-state index in [1.54, 1.807) is 6.20 Å². The summed E-state index contributed by atoms with van der Waals surface area (Å²) in [5.74, 6) is 0.528. The van der Waals surface area contributed by atoms with Crippen molar-refractivity contribution in [2.45, 2.75) is 20.4 Å². The van der Waals surface area contributed by atoms with Crippen LogP contribution in [0.15, 0.2) is 18.3 Å². The van der Waals surface area contributed by atoms with Crippen LogP contribution in [0.3, 0.4) is 0 Å². The minimum Gasteiger partial charge on any atom is -0.383 e. The zero-order valence-electron chi connectivity index (χ0n) is 7.04. The second-order valence-electron chi connectivity index (χ2n) is 1.75. The average Bonchev–Trinajstić information content (AvgIpc) is 2.09. The first-order valence-corrected chi connectivity index (χ1v) is 3.74. The molecule has 3 nitrogen and oxygen atoms in total. The highest BCUT2D eigenvalue weighted by Gasteiger charge is 1.92. The maximum absolute atomic E-state index is 5.44. The number of hydrogen-bond acceptors (Lipinski definition) is 3. The second-order valence-corrected chi connectivity index (χ2v) is 1.75. The van der Waals surface area contributed by atoms with Crippen LogP contribution in [-0.4, -0.2) is 4.98 Å². The molecule has 1 aromatic heterocycles. The van der Waals surface area contributed by atoms with Crippen LogP contribution in [0.1, 0.15) is 19.4 Å². The fraction of sp³-hybridized carbons (Fsp3) is 0.375. The molecule has 0 aliphatic carbocycles. The summed E-state index contributed by atoms with van der Waals surface area (Å²) in [7, 11) is 0. The molecule has 0 atom stereocenters. The number of pyridine rings is 1. The van der Waals surface area contributed by atoms with Crippen molar-refractivity contribution in [3.8, 4) is 0 Å². The molecule has 0 aliphatic heterocycles. The number of nitrogen functional groups attached to an aromatic ring is 1. The summed E-state index contributed by atoms with van der Waals surface area (Å²) in [5.41, 5.74) is 11.7. The van der Waals surface area contributed by atoms with Crippen molar-refractivity contribution >= 4 is 5.82 Å². The Bertz CT molecular complexity index is 198. The van der Waals surface area contributed by atoms with E-state index in [0.717, 1.165) is 5.56 Å². The van der Waals surface area contributed by atoms with E-state index < -0.39 is 0 Å². The number of nitrogens with two attached hydrogens (primary N) is 2. The largest absolute Gasteiger partial charge is 0.383 e. The van der Waals surface area contributed by atoms with E-state index in [1.165, 1.54) is 0 Å². The van der Waals surface area contributed by atoms with Gasteiger partial charge in [-0.3, -0.25) is 0 Å². The van der Waals surface area contributed by atoms with Crippen LogP contribution in [0, 0.1) is 0 Å². The van der Waals surface area contributed by atoms with Crippen LogP contribution in [0.5, 0.6) is 0 Å². The second kappa shape index (κ2) is 5.68. The van der Waals surface area contributed by atoms with Gasteiger partial charge in [0.25, 0.3) is 0 Å². The van der Waals surface area contributed by atoms with Gasteiger partial charge in [0.15, 0.2) is 0 Å². The maximum atomic E-state index is 5.44. The van der Waals surface area contributed by atoms with Gasteiger partial charge < -0.3 is 11.5 Å². The monoisotopic (exact) mass is 153 g/mol. The summed E-state index contributed by atoms with van der Waals surface area (Å²) in [4.78, 5) is 3.85. The Balaban J connectivity index is 0.000000461. The highest BCUT2D eigenvalue weighted by molar-refractivity contribution is 5.37.